The van der Waals surface area contributed by atoms with Crippen molar-refractivity contribution in [3.05, 3.63) is 71.8 Å². The molecule has 1 aliphatic rings. The number of rotatable bonds is 5. The second-order valence-electron chi connectivity index (χ2n) is 5.04. The van der Waals surface area contributed by atoms with E-state index in [4.69, 9.17) is 4.84 Å². The molecule has 1 saturated heterocycles. The third-order valence-electron chi connectivity index (χ3n) is 3.54. The maximum absolute atomic E-state index is 12.0. The average Bonchev–Trinajstić information content (AvgIpc) is 2.52. The molecule has 0 aliphatic carbocycles. The number of carbonyl (C=O) groups is 1. The van der Waals surface area contributed by atoms with E-state index in [0.29, 0.717) is 13.2 Å². The van der Waals surface area contributed by atoms with Crippen molar-refractivity contribution >= 4 is 5.91 Å². The van der Waals surface area contributed by atoms with Gasteiger partial charge < -0.3 is 0 Å². The van der Waals surface area contributed by atoms with Gasteiger partial charge in [0.15, 0.2) is 0 Å². The molecule has 3 rings (SSSR count). The maximum atomic E-state index is 12.0. The SMILES string of the molecule is O=C1[C@@H](Cc2ccccc2)CN1OCc1ccccc1. The van der Waals surface area contributed by atoms with Gasteiger partial charge in [0.1, 0.15) is 6.61 Å². The van der Waals surface area contributed by atoms with Gasteiger partial charge in [-0.15, -0.1) is 0 Å². The number of hydrogen-bond acceptors (Lipinski definition) is 2. The van der Waals surface area contributed by atoms with Gasteiger partial charge in [0, 0.05) is 0 Å². The van der Waals surface area contributed by atoms with Crippen LogP contribution < -0.4 is 0 Å². The number of amides is 1. The molecule has 0 spiro atoms. The van der Waals surface area contributed by atoms with Gasteiger partial charge in [-0.2, -0.15) is 0 Å². The molecule has 20 heavy (non-hydrogen) atoms. The quantitative estimate of drug-likeness (QED) is 0.780. The summed E-state index contributed by atoms with van der Waals surface area (Å²) >= 11 is 0. The molecule has 0 N–H and O–H groups in total. The molecule has 2 aromatic carbocycles. The van der Waals surface area contributed by atoms with E-state index < -0.39 is 0 Å². The Hall–Kier alpha value is -2.13. The molecule has 1 fully saturated rings. The fraction of sp³-hybridized carbons (Fsp3) is 0.235. The summed E-state index contributed by atoms with van der Waals surface area (Å²) in [5.41, 5.74) is 2.28. The van der Waals surface area contributed by atoms with E-state index >= 15 is 0 Å². The standard InChI is InChI=1S/C17H17NO2/c19-17-16(11-14-7-3-1-4-8-14)12-18(17)20-13-15-9-5-2-6-10-15/h1-10,16H,11-13H2/t16-/m0/s1. The summed E-state index contributed by atoms with van der Waals surface area (Å²) in [7, 11) is 0. The molecule has 1 heterocycles. The van der Waals surface area contributed by atoms with E-state index in [1.54, 1.807) is 0 Å². The third-order valence-corrected chi connectivity index (χ3v) is 3.54. The maximum Gasteiger partial charge on any atom is 0.251 e. The van der Waals surface area contributed by atoms with E-state index in [-0.39, 0.29) is 11.8 Å². The minimum Gasteiger partial charge on any atom is -0.272 e. The van der Waals surface area contributed by atoms with Crippen molar-refractivity contribution in [1.82, 2.24) is 5.06 Å². The summed E-state index contributed by atoms with van der Waals surface area (Å²) in [4.78, 5) is 17.5. The zero-order chi connectivity index (χ0) is 13.8. The fourth-order valence-electron chi connectivity index (χ4n) is 2.35. The number of carbonyl (C=O) groups excluding carboxylic acids is 1. The Morgan fingerprint density at radius 2 is 1.55 bits per heavy atom. The van der Waals surface area contributed by atoms with Gasteiger partial charge in [-0.1, -0.05) is 60.7 Å². The summed E-state index contributed by atoms with van der Waals surface area (Å²) in [6.45, 7) is 1.13. The molecule has 0 aromatic heterocycles. The first-order valence-corrected chi connectivity index (χ1v) is 6.85. The Balaban J connectivity index is 1.47. The molecule has 1 atom stereocenters. The van der Waals surface area contributed by atoms with Crippen LogP contribution in [0.2, 0.25) is 0 Å². The van der Waals surface area contributed by atoms with Gasteiger partial charge in [0.05, 0.1) is 12.5 Å². The van der Waals surface area contributed by atoms with Crippen LogP contribution in [0.1, 0.15) is 11.1 Å². The molecule has 102 valence electrons. The molecule has 0 saturated carbocycles. The Morgan fingerprint density at radius 1 is 0.950 bits per heavy atom. The monoisotopic (exact) mass is 267 g/mol. The molecule has 1 amide bonds. The topological polar surface area (TPSA) is 29.5 Å². The highest BCUT2D eigenvalue weighted by Gasteiger charge is 2.37. The van der Waals surface area contributed by atoms with Crippen molar-refractivity contribution in [3.63, 3.8) is 0 Å². The van der Waals surface area contributed by atoms with Crippen LogP contribution in [-0.2, 0) is 22.7 Å². The lowest BCUT2D eigenvalue weighted by atomic mass is 9.93. The normalized spacial score (nSPS) is 17.9. The van der Waals surface area contributed by atoms with Gasteiger partial charge in [-0.25, -0.2) is 5.06 Å². The molecule has 3 nitrogen and oxygen atoms in total. The van der Waals surface area contributed by atoms with Gasteiger partial charge in [0.25, 0.3) is 5.91 Å². The van der Waals surface area contributed by atoms with Crippen LogP contribution in [0.15, 0.2) is 60.7 Å². The van der Waals surface area contributed by atoms with Crippen LogP contribution in [0, 0.1) is 5.92 Å². The van der Waals surface area contributed by atoms with Crippen LogP contribution in [0.5, 0.6) is 0 Å². The molecule has 0 unspecified atom stereocenters. The number of hydroxylamine groups is 2. The predicted octanol–water partition coefficient (Wildman–Crippen LogP) is 2.82. The summed E-state index contributed by atoms with van der Waals surface area (Å²) in [6.07, 6.45) is 0.796. The lowest BCUT2D eigenvalue weighted by Gasteiger charge is -2.37. The van der Waals surface area contributed by atoms with Gasteiger partial charge in [0.2, 0.25) is 0 Å². The van der Waals surface area contributed by atoms with Crippen LogP contribution in [0.25, 0.3) is 0 Å². The van der Waals surface area contributed by atoms with Gasteiger partial charge in [-0.3, -0.25) is 9.63 Å². The number of hydrogen-bond donors (Lipinski definition) is 0. The van der Waals surface area contributed by atoms with Crippen molar-refractivity contribution in [2.45, 2.75) is 13.0 Å². The minimum atomic E-state index is 0.0631. The summed E-state index contributed by atoms with van der Waals surface area (Å²) < 4.78 is 0. The van der Waals surface area contributed by atoms with E-state index in [1.165, 1.54) is 10.6 Å². The zero-order valence-corrected chi connectivity index (χ0v) is 11.2. The predicted molar refractivity (Wildman–Crippen MR) is 76.6 cm³/mol. The van der Waals surface area contributed by atoms with Crippen molar-refractivity contribution in [2.24, 2.45) is 5.92 Å². The van der Waals surface area contributed by atoms with Gasteiger partial charge in [-0.05, 0) is 17.5 Å². The first-order valence-electron chi connectivity index (χ1n) is 6.85. The number of β-lactam (4-membered cyclic amide) rings is 1. The summed E-state index contributed by atoms with van der Waals surface area (Å²) in [6, 6.07) is 20.0. The number of nitrogens with zero attached hydrogens (tertiary/aromatic N) is 1. The minimum absolute atomic E-state index is 0.0631. The molecular weight excluding hydrogens is 250 g/mol. The summed E-state index contributed by atoms with van der Waals surface area (Å²) in [5, 5.41) is 1.47. The second-order valence-corrected chi connectivity index (χ2v) is 5.04. The Labute approximate surface area is 118 Å². The molecule has 3 heteroatoms. The highest BCUT2D eigenvalue weighted by molar-refractivity contribution is 5.83. The zero-order valence-electron chi connectivity index (χ0n) is 11.2. The second kappa shape index (κ2) is 5.88. The van der Waals surface area contributed by atoms with E-state index in [0.717, 1.165) is 12.0 Å². The van der Waals surface area contributed by atoms with Crippen LogP contribution in [0.4, 0.5) is 0 Å². The lowest BCUT2D eigenvalue weighted by Crippen LogP contribution is -2.52. The largest absolute Gasteiger partial charge is 0.272 e. The Morgan fingerprint density at radius 3 is 2.15 bits per heavy atom. The smallest absolute Gasteiger partial charge is 0.251 e. The molecule has 1 aliphatic heterocycles. The van der Waals surface area contributed by atoms with Crippen LogP contribution in [-0.4, -0.2) is 17.5 Å². The van der Waals surface area contributed by atoms with E-state index in [2.05, 4.69) is 12.1 Å². The van der Waals surface area contributed by atoms with E-state index in [9.17, 15) is 4.79 Å². The fourth-order valence-corrected chi connectivity index (χ4v) is 2.35. The third kappa shape index (κ3) is 2.89. The average molecular weight is 267 g/mol. The highest BCUT2D eigenvalue weighted by Crippen LogP contribution is 2.23. The Bertz CT molecular complexity index is 568. The Kier molecular flexibility index (Phi) is 3.79. The van der Waals surface area contributed by atoms with Crippen LogP contribution in [0.3, 0.4) is 0 Å². The van der Waals surface area contributed by atoms with Gasteiger partial charge >= 0.3 is 0 Å². The van der Waals surface area contributed by atoms with Crippen molar-refractivity contribution in [1.29, 1.82) is 0 Å². The van der Waals surface area contributed by atoms with Crippen molar-refractivity contribution < 1.29 is 9.63 Å². The number of benzene rings is 2. The van der Waals surface area contributed by atoms with E-state index in [1.807, 2.05) is 48.5 Å². The van der Waals surface area contributed by atoms with Crippen LogP contribution >= 0.6 is 0 Å². The molecule has 0 bridgehead atoms. The lowest BCUT2D eigenvalue weighted by molar-refractivity contribution is -0.225. The van der Waals surface area contributed by atoms with Crippen molar-refractivity contribution in [2.75, 3.05) is 6.54 Å². The van der Waals surface area contributed by atoms with Crippen molar-refractivity contribution in [3.8, 4) is 0 Å². The molecule has 2 aromatic rings. The first kappa shape index (κ1) is 12.9. The molecule has 0 radical (unpaired) electrons. The summed E-state index contributed by atoms with van der Waals surface area (Å²) in [5.74, 6) is 0.151. The highest BCUT2D eigenvalue weighted by atomic mass is 16.7. The first-order chi connectivity index (χ1) is 9.83. The molecular formula is C17H17NO2.